The lowest BCUT2D eigenvalue weighted by molar-refractivity contribution is -0.384. The van der Waals surface area contributed by atoms with Crippen molar-refractivity contribution in [2.24, 2.45) is 0 Å². The molecule has 1 saturated heterocycles. The van der Waals surface area contributed by atoms with Gasteiger partial charge in [-0.05, 0) is 40.3 Å². The zero-order valence-corrected chi connectivity index (χ0v) is 17.7. The summed E-state index contributed by atoms with van der Waals surface area (Å²) in [7, 11) is 0. The Labute approximate surface area is 183 Å². The molecule has 1 heterocycles. The van der Waals surface area contributed by atoms with Crippen LogP contribution in [0.3, 0.4) is 0 Å². The van der Waals surface area contributed by atoms with Gasteiger partial charge in [-0.2, -0.15) is 0 Å². The Hall–Kier alpha value is -2.70. The summed E-state index contributed by atoms with van der Waals surface area (Å²) in [6.07, 6.45) is 0. The van der Waals surface area contributed by atoms with Gasteiger partial charge in [0.1, 0.15) is 5.82 Å². The molecule has 2 aromatic rings. The van der Waals surface area contributed by atoms with Crippen LogP contribution in [-0.4, -0.2) is 42.2 Å². The Morgan fingerprint density at radius 1 is 1.23 bits per heavy atom. The van der Waals surface area contributed by atoms with E-state index in [1.54, 1.807) is 0 Å². The molecule has 0 unspecified atom stereocenters. The first-order chi connectivity index (χ1) is 14.3. The van der Waals surface area contributed by atoms with E-state index in [2.05, 4.69) is 26.6 Å². The minimum atomic E-state index is -0.914. The summed E-state index contributed by atoms with van der Waals surface area (Å²) >= 11 is 8.08. The number of non-ortho nitro benzene ring substituents is 1. The number of rotatable bonds is 4. The minimum absolute atomic E-state index is 0.0360. The van der Waals surface area contributed by atoms with Crippen molar-refractivity contribution < 1.29 is 23.2 Å². The first kappa shape index (κ1) is 22.0. The number of nitrogens with zero attached hydrogens (tertiary/aromatic N) is 2. The summed E-state index contributed by atoms with van der Waals surface area (Å²) in [4.78, 5) is 25.2. The summed E-state index contributed by atoms with van der Waals surface area (Å²) in [6, 6.07) is 5.65. The Kier molecular flexibility index (Phi) is 6.90. The Bertz CT molecular complexity index is 995. The van der Waals surface area contributed by atoms with Crippen molar-refractivity contribution in [2.75, 3.05) is 36.5 Å². The lowest BCUT2D eigenvalue weighted by Gasteiger charge is -2.30. The van der Waals surface area contributed by atoms with E-state index in [4.69, 9.17) is 17.0 Å². The van der Waals surface area contributed by atoms with Crippen molar-refractivity contribution in [1.82, 2.24) is 5.32 Å². The predicted octanol–water partition coefficient (Wildman–Crippen LogP) is 3.60. The topological polar surface area (TPSA) is 96.7 Å². The maximum atomic E-state index is 14.0. The van der Waals surface area contributed by atoms with E-state index in [0.717, 1.165) is 12.1 Å². The number of nitrogens with one attached hydrogen (secondary N) is 2. The lowest BCUT2D eigenvalue weighted by atomic mass is 10.1. The van der Waals surface area contributed by atoms with Gasteiger partial charge >= 0.3 is 0 Å². The maximum absolute atomic E-state index is 14.0. The molecule has 1 fully saturated rings. The zero-order valence-electron chi connectivity index (χ0n) is 15.3. The molecule has 30 heavy (non-hydrogen) atoms. The number of nitro benzene ring substituents is 1. The molecule has 2 N–H and O–H groups in total. The van der Waals surface area contributed by atoms with Crippen molar-refractivity contribution in [3.8, 4) is 0 Å². The summed E-state index contributed by atoms with van der Waals surface area (Å²) in [5.74, 6) is -2.41. The first-order valence-corrected chi connectivity index (χ1v) is 9.84. The van der Waals surface area contributed by atoms with Crippen molar-refractivity contribution in [2.45, 2.75) is 0 Å². The quantitative estimate of drug-likeness (QED) is 0.376. The molecule has 0 spiro atoms. The number of morpholine rings is 1. The molecular formula is C18H15BrF2N4O4S. The second kappa shape index (κ2) is 9.41. The van der Waals surface area contributed by atoms with Crippen molar-refractivity contribution in [1.29, 1.82) is 0 Å². The molecule has 0 aliphatic carbocycles. The fourth-order valence-electron chi connectivity index (χ4n) is 2.88. The van der Waals surface area contributed by atoms with Crippen LogP contribution in [-0.2, 0) is 4.74 Å². The molecule has 0 bridgehead atoms. The van der Waals surface area contributed by atoms with E-state index < -0.39 is 22.5 Å². The fraction of sp³-hybridized carbons (Fsp3) is 0.222. The number of benzene rings is 2. The molecule has 0 saturated carbocycles. The highest BCUT2D eigenvalue weighted by Crippen LogP contribution is 2.28. The highest BCUT2D eigenvalue weighted by atomic mass is 79.9. The van der Waals surface area contributed by atoms with Crippen LogP contribution >= 0.6 is 28.1 Å². The average Bonchev–Trinajstić information content (AvgIpc) is 2.70. The molecular weight excluding hydrogens is 486 g/mol. The highest BCUT2D eigenvalue weighted by molar-refractivity contribution is 9.10. The largest absolute Gasteiger partial charge is 0.378 e. The standard InChI is InChI=1S/C18H15BrF2N4O4S/c19-13-7-10(20)8-14(21)16(13)22-18(30)23-17(26)12-9-11(25(27)28)1-2-15(12)24-3-5-29-6-4-24/h1-2,7-9H,3-6H2,(H2,22,23,26,30). The number of carbonyl (C=O) groups is 1. The number of ether oxygens (including phenoxy) is 1. The Balaban J connectivity index is 1.83. The van der Waals surface area contributed by atoms with Gasteiger partial charge in [-0.3, -0.25) is 20.2 Å². The van der Waals surface area contributed by atoms with Crippen LogP contribution < -0.4 is 15.5 Å². The number of hydrogen-bond acceptors (Lipinski definition) is 6. The van der Waals surface area contributed by atoms with Crippen molar-refractivity contribution in [3.63, 3.8) is 0 Å². The molecule has 0 atom stereocenters. The van der Waals surface area contributed by atoms with E-state index in [1.807, 2.05) is 4.90 Å². The van der Waals surface area contributed by atoms with Crippen LogP contribution in [0.4, 0.5) is 25.8 Å². The molecule has 1 amide bonds. The number of hydrogen-bond donors (Lipinski definition) is 2. The molecule has 2 aromatic carbocycles. The third kappa shape index (κ3) is 5.07. The zero-order chi connectivity index (χ0) is 21.8. The van der Waals surface area contributed by atoms with Gasteiger partial charge in [0.05, 0.1) is 35.1 Å². The molecule has 8 nitrogen and oxygen atoms in total. The van der Waals surface area contributed by atoms with E-state index >= 15 is 0 Å². The first-order valence-electron chi connectivity index (χ1n) is 8.64. The lowest BCUT2D eigenvalue weighted by Crippen LogP contribution is -2.39. The predicted molar refractivity (Wildman–Crippen MR) is 114 cm³/mol. The summed E-state index contributed by atoms with van der Waals surface area (Å²) in [6.45, 7) is 1.93. The smallest absolute Gasteiger partial charge is 0.270 e. The van der Waals surface area contributed by atoms with Crippen molar-refractivity contribution >= 4 is 56.2 Å². The van der Waals surface area contributed by atoms with Gasteiger partial charge in [0.2, 0.25) is 0 Å². The van der Waals surface area contributed by atoms with Crippen LogP contribution in [0.5, 0.6) is 0 Å². The number of halogens is 3. The van der Waals surface area contributed by atoms with Gasteiger partial charge in [-0.1, -0.05) is 0 Å². The van der Waals surface area contributed by atoms with E-state index in [9.17, 15) is 23.7 Å². The number of nitro groups is 1. The Morgan fingerprint density at radius 2 is 1.93 bits per heavy atom. The second-order valence-electron chi connectivity index (χ2n) is 6.21. The van der Waals surface area contributed by atoms with Crippen LogP contribution in [0, 0.1) is 21.7 Å². The molecule has 1 aliphatic rings. The number of carbonyl (C=O) groups excluding carboxylic acids is 1. The SMILES string of the molecule is O=C(NC(=S)Nc1c(F)cc(F)cc1Br)c1cc([N+](=O)[O-])ccc1N1CCOCC1. The van der Waals surface area contributed by atoms with Gasteiger partial charge < -0.3 is 15.0 Å². The summed E-state index contributed by atoms with van der Waals surface area (Å²) in [5, 5.41) is 15.8. The highest BCUT2D eigenvalue weighted by Gasteiger charge is 2.23. The van der Waals surface area contributed by atoms with Gasteiger partial charge in [0.25, 0.3) is 11.6 Å². The molecule has 0 radical (unpaired) electrons. The van der Waals surface area contributed by atoms with Gasteiger partial charge in [0.15, 0.2) is 10.9 Å². The van der Waals surface area contributed by atoms with Gasteiger partial charge in [-0.25, -0.2) is 8.78 Å². The molecule has 12 heteroatoms. The van der Waals surface area contributed by atoms with E-state index in [0.29, 0.717) is 38.1 Å². The maximum Gasteiger partial charge on any atom is 0.270 e. The molecule has 0 aromatic heterocycles. The number of thiocarbonyl (C=S) groups is 1. The molecule has 1 aliphatic heterocycles. The Morgan fingerprint density at radius 3 is 2.57 bits per heavy atom. The summed E-state index contributed by atoms with van der Waals surface area (Å²) < 4.78 is 32.6. The van der Waals surface area contributed by atoms with Crippen molar-refractivity contribution in [3.05, 3.63) is 62.1 Å². The minimum Gasteiger partial charge on any atom is -0.378 e. The van der Waals surface area contributed by atoms with E-state index in [-0.39, 0.29) is 26.5 Å². The van der Waals surface area contributed by atoms with Crippen LogP contribution in [0.15, 0.2) is 34.8 Å². The number of anilines is 2. The average molecular weight is 501 g/mol. The fourth-order valence-corrected chi connectivity index (χ4v) is 3.58. The second-order valence-corrected chi connectivity index (χ2v) is 7.47. The number of amides is 1. The third-order valence-electron chi connectivity index (χ3n) is 4.26. The molecule has 3 rings (SSSR count). The summed E-state index contributed by atoms with van der Waals surface area (Å²) in [5.41, 5.74) is 0.102. The van der Waals surface area contributed by atoms with Gasteiger partial charge in [-0.15, -0.1) is 0 Å². The van der Waals surface area contributed by atoms with E-state index in [1.165, 1.54) is 12.1 Å². The van der Waals surface area contributed by atoms with Crippen LogP contribution in [0.2, 0.25) is 0 Å². The van der Waals surface area contributed by atoms with Crippen LogP contribution in [0.25, 0.3) is 0 Å². The van der Waals surface area contributed by atoms with Crippen LogP contribution in [0.1, 0.15) is 10.4 Å². The molecule has 158 valence electrons. The monoisotopic (exact) mass is 500 g/mol. The normalized spacial score (nSPS) is 13.6. The van der Waals surface area contributed by atoms with Gasteiger partial charge in [0, 0.05) is 35.8 Å². The third-order valence-corrected chi connectivity index (χ3v) is 5.09.